The minimum Gasteiger partial charge on any atom is -0.469 e. The van der Waals surface area contributed by atoms with Crippen molar-refractivity contribution in [3.8, 4) is 0 Å². The number of rotatable bonds is 3. The highest BCUT2D eigenvalue weighted by atomic mass is 35.5. The zero-order chi connectivity index (χ0) is 9.68. The summed E-state index contributed by atoms with van der Waals surface area (Å²) in [5.74, 6) is -0.0993. The van der Waals surface area contributed by atoms with Gasteiger partial charge in [-0.15, -0.1) is 12.4 Å². The highest BCUT2D eigenvalue weighted by Gasteiger charge is 2.18. The Kier molecular flexibility index (Phi) is 6.93. The molecule has 0 aromatic rings. The summed E-state index contributed by atoms with van der Waals surface area (Å²) in [7, 11) is 1.45. The fourth-order valence-electron chi connectivity index (χ4n) is 1.83. The molecule has 1 fully saturated rings. The maximum Gasteiger partial charge on any atom is 0.306 e. The Morgan fingerprint density at radius 2 is 2.21 bits per heavy atom. The molecule has 4 heteroatoms. The summed E-state index contributed by atoms with van der Waals surface area (Å²) in [5.41, 5.74) is 0. The average molecular weight is 222 g/mol. The van der Waals surface area contributed by atoms with Gasteiger partial charge >= 0.3 is 5.97 Å². The highest BCUT2D eigenvalue weighted by molar-refractivity contribution is 5.85. The zero-order valence-electron chi connectivity index (χ0n) is 8.99. The SMILES string of the molecule is COC(=O)CCN1CCCCC1C.Cl. The molecule has 1 heterocycles. The summed E-state index contributed by atoms with van der Waals surface area (Å²) in [6.45, 7) is 4.22. The molecule has 1 atom stereocenters. The van der Waals surface area contributed by atoms with Gasteiger partial charge in [-0.25, -0.2) is 0 Å². The molecule has 0 spiro atoms. The highest BCUT2D eigenvalue weighted by Crippen LogP contribution is 2.16. The standard InChI is InChI=1S/C10H19NO2.ClH/c1-9-5-3-4-7-11(9)8-6-10(12)13-2;/h9H,3-8H2,1-2H3;1H. The lowest BCUT2D eigenvalue weighted by Crippen LogP contribution is -2.38. The van der Waals surface area contributed by atoms with Crippen LogP contribution in [0.4, 0.5) is 0 Å². The Hall–Kier alpha value is -0.280. The molecule has 0 aromatic carbocycles. The minimum absolute atomic E-state index is 0. The van der Waals surface area contributed by atoms with Crippen molar-refractivity contribution < 1.29 is 9.53 Å². The molecule has 1 rings (SSSR count). The number of piperidine rings is 1. The summed E-state index contributed by atoms with van der Waals surface area (Å²) in [5, 5.41) is 0. The van der Waals surface area contributed by atoms with Gasteiger partial charge in [-0.05, 0) is 26.3 Å². The lowest BCUT2D eigenvalue weighted by molar-refractivity contribution is -0.141. The molecule has 1 unspecified atom stereocenters. The molecule has 1 aliphatic heterocycles. The number of methoxy groups -OCH3 is 1. The number of nitrogens with zero attached hydrogens (tertiary/aromatic N) is 1. The summed E-state index contributed by atoms with van der Waals surface area (Å²) in [6, 6.07) is 0.637. The van der Waals surface area contributed by atoms with E-state index in [1.54, 1.807) is 0 Å². The summed E-state index contributed by atoms with van der Waals surface area (Å²) in [4.78, 5) is 13.3. The van der Waals surface area contributed by atoms with Gasteiger partial charge in [0.15, 0.2) is 0 Å². The Morgan fingerprint density at radius 3 is 2.79 bits per heavy atom. The first kappa shape index (κ1) is 13.7. The topological polar surface area (TPSA) is 29.5 Å². The molecule has 1 saturated heterocycles. The van der Waals surface area contributed by atoms with Crippen molar-refractivity contribution in [3.63, 3.8) is 0 Å². The van der Waals surface area contributed by atoms with E-state index < -0.39 is 0 Å². The van der Waals surface area contributed by atoms with Gasteiger partial charge in [0.05, 0.1) is 13.5 Å². The van der Waals surface area contributed by atoms with Crippen LogP contribution in [-0.2, 0) is 9.53 Å². The van der Waals surface area contributed by atoms with Gasteiger partial charge in [0.25, 0.3) is 0 Å². The predicted octanol–water partition coefficient (Wildman–Crippen LogP) is 1.85. The Labute approximate surface area is 92.2 Å². The van der Waals surface area contributed by atoms with E-state index in [-0.39, 0.29) is 18.4 Å². The minimum atomic E-state index is -0.0993. The van der Waals surface area contributed by atoms with E-state index in [2.05, 4.69) is 16.6 Å². The number of ether oxygens (including phenoxy) is 1. The lowest BCUT2D eigenvalue weighted by atomic mass is 10.0. The summed E-state index contributed by atoms with van der Waals surface area (Å²) in [6.07, 6.45) is 4.39. The van der Waals surface area contributed by atoms with Crippen LogP contribution in [0.15, 0.2) is 0 Å². The molecule has 3 nitrogen and oxygen atoms in total. The van der Waals surface area contributed by atoms with Crippen LogP contribution < -0.4 is 0 Å². The van der Waals surface area contributed by atoms with Crippen LogP contribution in [-0.4, -0.2) is 37.1 Å². The Morgan fingerprint density at radius 1 is 1.50 bits per heavy atom. The first-order chi connectivity index (χ1) is 6.24. The largest absolute Gasteiger partial charge is 0.469 e. The maximum atomic E-state index is 10.9. The van der Waals surface area contributed by atoms with Crippen LogP contribution in [0.2, 0.25) is 0 Å². The average Bonchev–Trinajstić information content (AvgIpc) is 2.16. The van der Waals surface area contributed by atoms with Crippen molar-refractivity contribution >= 4 is 18.4 Å². The summed E-state index contributed by atoms with van der Waals surface area (Å²) < 4.78 is 4.61. The molecule has 0 radical (unpaired) electrons. The molecule has 1 aliphatic rings. The molecule has 84 valence electrons. The quantitative estimate of drug-likeness (QED) is 0.682. The molecule has 0 amide bonds. The Bertz CT molecular complexity index is 176. The smallest absolute Gasteiger partial charge is 0.306 e. The molecule has 0 N–H and O–H groups in total. The number of hydrogen-bond acceptors (Lipinski definition) is 3. The van der Waals surface area contributed by atoms with Gasteiger partial charge in [0, 0.05) is 12.6 Å². The van der Waals surface area contributed by atoms with Crippen molar-refractivity contribution in [1.29, 1.82) is 0 Å². The van der Waals surface area contributed by atoms with Crippen LogP contribution >= 0.6 is 12.4 Å². The van der Waals surface area contributed by atoms with Gasteiger partial charge < -0.3 is 9.64 Å². The number of hydrogen-bond donors (Lipinski definition) is 0. The van der Waals surface area contributed by atoms with Crippen LogP contribution in [0.1, 0.15) is 32.6 Å². The van der Waals surface area contributed by atoms with Crippen molar-refractivity contribution in [2.75, 3.05) is 20.2 Å². The molecular formula is C10H20ClNO2. The van der Waals surface area contributed by atoms with Crippen molar-refractivity contribution in [2.24, 2.45) is 0 Å². The van der Waals surface area contributed by atoms with E-state index in [0.717, 1.165) is 13.1 Å². The third kappa shape index (κ3) is 4.29. The monoisotopic (exact) mass is 221 g/mol. The number of esters is 1. The van der Waals surface area contributed by atoms with E-state index in [4.69, 9.17) is 0 Å². The third-order valence-corrected chi connectivity index (χ3v) is 2.77. The molecular weight excluding hydrogens is 202 g/mol. The van der Waals surface area contributed by atoms with Gasteiger partial charge in [-0.1, -0.05) is 6.42 Å². The molecule has 0 saturated carbocycles. The van der Waals surface area contributed by atoms with Gasteiger partial charge in [0.1, 0.15) is 0 Å². The number of likely N-dealkylation sites (tertiary alicyclic amines) is 1. The second-order valence-corrected chi connectivity index (χ2v) is 3.71. The first-order valence-electron chi connectivity index (χ1n) is 5.05. The predicted molar refractivity (Wildman–Crippen MR) is 58.8 cm³/mol. The Balaban J connectivity index is 0.00000169. The van der Waals surface area contributed by atoms with Crippen LogP contribution in [0.25, 0.3) is 0 Å². The van der Waals surface area contributed by atoms with E-state index in [1.807, 2.05) is 0 Å². The van der Waals surface area contributed by atoms with E-state index in [0.29, 0.717) is 12.5 Å². The molecule has 0 aliphatic carbocycles. The second-order valence-electron chi connectivity index (χ2n) is 3.71. The van der Waals surface area contributed by atoms with Gasteiger partial charge in [0.2, 0.25) is 0 Å². The molecule has 0 bridgehead atoms. The van der Waals surface area contributed by atoms with Crippen molar-refractivity contribution in [1.82, 2.24) is 4.90 Å². The molecule has 0 aromatic heterocycles. The van der Waals surface area contributed by atoms with Crippen molar-refractivity contribution in [3.05, 3.63) is 0 Å². The maximum absolute atomic E-state index is 10.9. The summed E-state index contributed by atoms with van der Waals surface area (Å²) >= 11 is 0. The third-order valence-electron chi connectivity index (χ3n) is 2.77. The van der Waals surface area contributed by atoms with Crippen LogP contribution in [0, 0.1) is 0 Å². The van der Waals surface area contributed by atoms with Crippen LogP contribution in [0.3, 0.4) is 0 Å². The lowest BCUT2D eigenvalue weighted by Gasteiger charge is -2.32. The number of halogens is 1. The van der Waals surface area contributed by atoms with E-state index >= 15 is 0 Å². The van der Waals surface area contributed by atoms with Gasteiger partial charge in [-0.2, -0.15) is 0 Å². The fraction of sp³-hybridized carbons (Fsp3) is 0.900. The van der Waals surface area contributed by atoms with Crippen LogP contribution in [0.5, 0.6) is 0 Å². The number of carbonyl (C=O) groups is 1. The fourth-order valence-corrected chi connectivity index (χ4v) is 1.83. The first-order valence-corrected chi connectivity index (χ1v) is 5.05. The zero-order valence-corrected chi connectivity index (χ0v) is 9.81. The van der Waals surface area contributed by atoms with E-state index in [9.17, 15) is 4.79 Å². The van der Waals surface area contributed by atoms with Gasteiger partial charge in [-0.3, -0.25) is 4.79 Å². The van der Waals surface area contributed by atoms with E-state index in [1.165, 1.54) is 26.4 Å². The second kappa shape index (κ2) is 7.07. The van der Waals surface area contributed by atoms with Crippen molar-refractivity contribution in [2.45, 2.75) is 38.6 Å². The molecule has 14 heavy (non-hydrogen) atoms. The number of carbonyl (C=O) groups excluding carboxylic acids is 1. The normalized spacial score (nSPS) is 22.6.